The molecule has 0 radical (unpaired) electrons. The lowest BCUT2D eigenvalue weighted by atomic mass is 9.97. The molecule has 0 saturated carbocycles. The molecule has 1 aromatic heterocycles. The van der Waals surface area contributed by atoms with Crippen molar-refractivity contribution < 1.29 is 29.7 Å². The van der Waals surface area contributed by atoms with E-state index in [1.165, 1.54) is 4.68 Å². The second-order valence-electron chi connectivity index (χ2n) is 9.03. The van der Waals surface area contributed by atoms with Crippen molar-refractivity contribution in [1.29, 1.82) is 0 Å². The Hall–Kier alpha value is -4.47. The summed E-state index contributed by atoms with van der Waals surface area (Å²) < 4.78 is 1.20. The number of amides is 1. The van der Waals surface area contributed by atoms with Crippen molar-refractivity contribution in [2.45, 2.75) is 31.5 Å². The Morgan fingerprint density at radius 1 is 0.872 bits per heavy atom. The summed E-state index contributed by atoms with van der Waals surface area (Å²) in [6.45, 7) is 0.0982. The van der Waals surface area contributed by atoms with Crippen LogP contribution >= 0.6 is 11.6 Å². The van der Waals surface area contributed by atoms with Crippen molar-refractivity contribution >= 4 is 29.4 Å². The molecule has 4 aromatic rings. The van der Waals surface area contributed by atoms with Crippen molar-refractivity contribution in [2.75, 3.05) is 0 Å². The molecule has 2 atom stereocenters. The monoisotopic (exact) mass is 547 g/mol. The van der Waals surface area contributed by atoms with E-state index in [4.69, 9.17) is 11.6 Å². The van der Waals surface area contributed by atoms with Gasteiger partial charge >= 0.3 is 11.9 Å². The highest BCUT2D eigenvalue weighted by Gasteiger charge is 2.25. The lowest BCUT2D eigenvalue weighted by Crippen LogP contribution is -2.40. The number of aliphatic carboxylic acids is 1. The van der Waals surface area contributed by atoms with Crippen molar-refractivity contribution in [1.82, 2.24) is 15.1 Å². The minimum Gasteiger partial charge on any atom is -0.479 e. The number of hydrogen-bond acceptors (Lipinski definition) is 5. The van der Waals surface area contributed by atoms with E-state index in [9.17, 15) is 29.7 Å². The highest BCUT2D eigenvalue weighted by molar-refractivity contribution is 6.30. The molecule has 0 fully saturated rings. The third kappa shape index (κ3) is 7.31. The second kappa shape index (κ2) is 12.4. The number of carbonyl (C=O) groups is 3. The van der Waals surface area contributed by atoms with E-state index in [0.717, 1.165) is 28.3 Å². The minimum absolute atomic E-state index is 0.0982. The van der Waals surface area contributed by atoms with Crippen LogP contribution in [0.15, 0.2) is 84.9 Å². The molecule has 9 nitrogen and oxygen atoms in total. The Kier molecular flexibility index (Phi) is 8.75. The molecule has 0 aliphatic heterocycles. The maximum absolute atomic E-state index is 13.1. The van der Waals surface area contributed by atoms with E-state index in [-0.39, 0.29) is 30.8 Å². The summed E-state index contributed by atoms with van der Waals surface area (Å²) in [4.78, 5) is 36.2. The van der Waals surface area contributed by atoms with Crippen LogP contribution in [0.25, 0.3) is 11.1 Å². The predicted octanol–water partition coefficient (Wildman–Crippen LogP) is 4.13. The number of carboxylic acids is 2. The van der Waals surface area contributed by atoms with Gasteiger partial charge in [-0.25, -0.2) is 9.59 Å². The van der Waals surface area contributed by atoms with Crippen LogP contribution in [0.4, 0.5) is 0 Å². The summed E-state index contributed by atoms with van der Waals surface area (Å²) in [5.74, 6) is -3.35. The summed E-state index contributed by atoms with van der Waals surface area (Å²) in [6.07, 6.45) is -1.71. The summed E-state index contributed by atoms with van der Waals surface area (Å²) in [5, 5.41) is 36.3. The first-order valence-electron chi connectivity index (χ1n) is 12.1. The fraction of sp³-hybridized carbons (Fsp3) is 0.172. The third-order valence-electron chi connectivity index (χ3n) is 6.15. The van der Waals surface area contributed by atoms with Crippen LogP contribution in [0.5, 0.6) is 0 Å². The SMILES string of the molecule is O=C(NC(Cc1ccc(-c2ccccc2)cc1)CC(O)C(=O)O)c1cc(C(=O)O)n(Cc2ccc(Cl)cc2)n1. The molecule has 10 heteroatoms. The zero-order valence-electron chi connectivity index (χ0n) is 20.7. The van der Waals surface area contributed by atoms with Gasteiger partial charge < -0.3 is 20.6 Å². The van der Waals surface area contributed by atoms with E-state index in [1.54, 1.807) is 24.3 Å². The number of nitrogens with one attached hydrogen (secondary N) is 1. The van der Waals surface area contributed by atoms with Gasteiger partial charge in [-0.15, -0.1) is 0 Å². The molecule has 1 heterocycles. The van der Waals surface area contributed by atoms with Gasteiger partial charge in [0.05, 0.1) is 6.54 Å². The van der Waals surface area contributed by atoms with Gasteiger partial charge in [0.15, 0.2) is 11.8 Å². The minimum atomic E-state index is -1.70. The maximum atomic E-state index is 13.1. The van der Waals surface area contributed by atoms with Crippen LogP contribution in [0.3, 0.4) is 0 Å². The summed E-state index contributed by atoms with van der Waals surface area (Å²) in [7, 11) is 0. The van der Waals surface area contributed by atoms with Crippen molar-refractivity contribution in [3.63, 3.8) is 0 Å². The van der Waals surface area contributed by atoms with Crippen molar-refractivity contribution in [3.8, 4) is 11.1 Å². The topological polar surface area (TPSA) is 142 Å². The molecule has 200 valence electrons. The fourth-order valence-electron chi connectivity index (χ4n) is 4.15. The summed E-state index contributed by atoms with van der Waals surface area (Å²) in [5.41, 5.74) is 3.26. The molecule has 3 aromatic carbocycles. The molecule has 0 spiro atoms. The third-order valence-corrected chi connectivity index (χ3v) is 6.40. The molecule has 0 aliphatic carbocycles. The fourth-order valence-corrected chi connectivity index (χ4v) is 4.28. The molecule has 1 amide bonds. The Balaban J connectivity index is 1.52. The van der Waals surface area contributed by atoms with Crippen molar-refractivity contribution in [3.05, 3.63) is 112 Å². The number of carboxylic acid groups (broad SMARTS) is 2. The van der Waals surface area contributed by atoms with Gasteiger partial charge in [0, 0.05) is 23.6 Å². The number of aromatic carboxylic acids is 1. The van der Waals surface area contributed by atoms with Crippen LogP contribution < -0.4 is 5.32 Å². The molecular weight excluding hydrogens is 522 g/mol. The van der Waals surface area contributed by atoms with Gasteiger partial charge in [-0.05, 0) is 40.8 Å². The molecule has 2 unspecified atom stereocenters. The smallest absolute Gasteiger partial charge is 0.354 e. The normalized spacial score (nSPS) is 12.5. The highest BCUT2D eigenvalue weighted by Crippen LogP contribution is 2.20. The van der Waals surface area contributed by atoms with Gasteiger partial charge in [0.25, 0.3) is 5.91 Å². The quantitative estimate of drug-likeness (QED) is 0.221. The lowest BCUT2D eigenvalue weighted by molar-refractivity contribution is -0.147. The standard InChI is InChI=1S/C29H26ClN3O6/c30-22-12-8-19(9-13-22)17-33-25(28(36)37)16-24(32-33)27(35)31-23(15-26(34)29(38)39)14-18-6-10-21(11-7-18)20-4-2-1-3-5-20/h1-13,16,23,26,34H,14-15,17H2,(H,31,35)(H,36,37)(H,38,39). The number of rotatable bonds is 11. The van der Waals surface area contributed by atoms with E-state index in [1.807, 2.05) is 54.6 Å². The highest BCUT2D eigenvalue weighted by atomic mass is 35.5. The van der Waals surface area contributed by atoms with Crippen LogP contribution in [-0.4, -0.2) is 55.1 Å². The van der Waals surface area contributed by atoms with E-state index in [0.29, 0.717) is 5.02 Å². The predicted molar refractivity (Wildman–Crippen MR) is 145 cm³/mol. The van der Waals surface area contributed by atoms with Gasteiger partial charge in [0.2, 0.25) is 0 Å². The van der Waals surface area contributed by atoms with E-state index >= 15 is 0 Å². The molecule has 0 saturated heterocycles. The van der Waals surface area contributed by atoms with Gasteiger partial charge in [-0.1, -0.05) is 78.3 Å². The van der Waals surface area contributed by atoms with Crippen molar-refractivity contribution in [2.24, 2.45) is 0 Å². The number of aliphatic hydroxyl groups excluding tert-OH is 1. The average Bonchev–Trinajstić information content (AvgIpc) is 3.35. The van der Waals surface area contributed by atoms with Crippen LogP contribution in [-0.2, 0) is 17.8 Å². The summed E-state index contributed by atoms with van der Waals surface area (Å²) in [6, 6.07) is 24.6. The number of aliphatic hydroxyl groups is 1. The number of carbonyl (C=O) groups excluding carboxylic acids is 1. The largest absolute Gasteiger partial charge is 0.479 e. The maximum Gasteiger partial charge on any atom is 0.354 e. The Morgan fingerprint density at radius 3 is 2.10 bits per heavy atom. The molecular formula is C29H26ClN3O6. The molecule has 39 heavy (non-hydrogen) atoms. The van der Waals surface area contributed by atoms with E-state index < -0.39 is 30.0 Å². The van der Waals surface area contributed by atoms with Crippen LogP contribution in [0, 0.1) is 0 Å². The Bertz CT molecular complexity index is 1450. The average molecular weight is 548 g/mol. The number of halogens is 1. The Morgan fingerprint density at radius 2 is 1.49 bits per heavy atom. The first-order chi connectivity index (χ1) is 18.7. The Labute approximate surface area is 229 Å². The zero-order valence-corrected chi connectivity index (χ0v) is 21.5. The molecule has 0 bridgehead atoms. The first-order valence-corrected chi connectivity index (χ1v) is 12.5. The molecule has 4 N–H and O–H groups in total. The number of benzene rings is 3. The zero-order chi connectivity index (χ0) is 27.9. The van der Waals surface area contributed by atoms with Crippen LogP contribution in [0.1, 0.15) is 38.5 Å². The van der Waals surface area contributed by atoms with Gasteiger partial charge in [0.1, 0.15) is 5.69 Å². The summed E-state index contributed by atoms with van der Waals surface area (Å²) >= 11 is 5.92. The first kappa shape index (κ1) is 27.6. The molecule has 0 aliphatic rings. The van der Waals surface area contributed by atoms with Gasteiger partial charge in [-0.3, -0.25) is 9.48 Å². The molecule has 4 rings (SSSR count). The van der Waals surface area contributed by atoms with Gasteiger partial charge in [-0.2, -0.15) is 5.10 Å². The second-order valence-corrected chi connectivity index (χ2v) is 9.47. The van der Waals surface area contributed by atoms with Crippen LogP contribution in [0.2, 0.25) is 5.02 Å². The number of aromatic nitrogens is 2. The number of nitrogens with zero attached hydrogens (tertiary/aromatic N) is 2. The lowest BCUT2D eigenvalue weighted by Gasteiger charge is -2.20. The number of hydrogen-bond donors (Lipinski definition) is 4. The van der Waals surface area contributed by atoms with E-state index in [2.05, 4.69) is 10.4 Å².